The van der Waals surface area contributed by atoms with Gasteiger partial charge in [-0.05, 0) is 31.0 Å². The predicted molar refractivity (Wildman–Crippen MR) is 93.0 cm³/mol. The van der Waals surface area contributed by atoms with E-state index in [1.165, 1.54) is 27.2 Å². The largest absolute Gasteiger partial charge is 0.308 e. The minimum atomic E-state index is -3.55. The number of hydrogen-bond donors (Lipinski definition) is 0. The highest BCUT2D eigenvalue weighted by molar-refractivity contribution is 7.89. The molecule has 4 rings (SSSR count). The lowest BCUT2D eigenvalue weighted by molar-refractivity contribution is 0.476. The molecule has 1 saturated heterocycles. The number of rotatable bonds is 4. The molecule has 3 aromatic heterocycles. The van der Waals surface area contributed by atoms with Crippen LogP contribution in [-0.2, 0) is 16.6 Å². The molecule has 3 aromatic rings. The van der Waals surface area contributed by atoms with Crippen molar-refractivity contribution in [2.75, 3.05) is 13.1 Å². The summed E-state index contributed by atoms with van der Waals surface area (Å²) in [6.07, 6.45) is 6.88. The molecule has 0 radical (unpaired) electrons. The molecule has 4 heterocycles. The Morgan fingerprint density at radius 2 is 1.84 bits per heavy atom. The Bertz CT molecular complexity index is 1050. The number of hydrogen-bond acceptors (Lipinski definition) is 4. The van der Waals surface area contributed by atoms with Gasteiger partial charge in [0.25, 0.3) is 5.56 Å². The van der Waals surface area contributed by atoms with Crippen LogP contribution >= 0.6 is 0 Å². The minimum Gasteiger partial charge on any atom is -0.308 e. The van der Waals surface area contributed by atoms with E-state index in [1.807, 2.05) is 35.0 Å². The molecular formula is C17H18N4O3S. The van der Waals surface area contributed by atoms with Crippen molar-refractivity contribution in [1.82, 2.24) is 18.3 Å². The van der Waals surface area contributed by atoms with E-state index in [2.05, 4.69) is 4.98 Å². The second-order valence-corrected chi connectivity index (χ2v) is 8.08. The molecule has 1 fully saturated rings. The molecular weight excluding hydrogens is 340 g/mol. The van der Waals surface area contributed by atoms with Gasteiger partial charge in [-0.3, -0.25) is 4.79 Å². The average Bonchev–Trinajstić information content (AvgIpc) is 3.25. The number of imidazole rings is 1. The summed E-state index contributed by atoms with van der Waals surface area (Å²) in [4.78, 5) is 16.8. The highest BCUT2D eigenvalue weighted by Crippen LogP contribution is 2.20. The van der Waals surface area contributed by atoms with E-state index >= 15 is 0 Å². The number of nitrogens with zero attached hydrogens (tertiary/aromatic N) is 4. The van der Waals surface area contributed by atoms with Crippen LogP contribution in [0.2, 0.25) is 0 Å². The SMILES string of the molecule is O=c1ccc(S(=O)(=O)N2CCCC2)cn1Cc1cn2ccccc2n1. The first-order valence-electron chi connectivity index (χ1n) is 8.17. The van der Waals surface area contributed by atoms with E-state index in [0.717, 1.165) is 18.5 Å². The van der Waals surface area contributed by atoms with Crippen LogP contribution in [0, 0.1) is 0 Å². The van der Waals surface area contributed by atoms with E-state index in [0.29, 0.717) is 18.8 Å². The molecule has 1 aliphatic heterocycles. The van der Waals surface area contributed by atoms with Crippen molar-refractivity contribution in [1.29, 1.82) is 0 Å². The summed E-state index contributed by atoms with van der Waals surface area (Å²) in [6.45, 7) is 1.30. The van der Waals surface area contributed by atoms with Gasteiger partial charge in [-0.15, -0.1) is 0 Å². The molecule has 0 aromatic carbocycles. The van der Waals surface area contributed by atoms with Crippen molar-refractivity contribution >= 4 is 15.7 Å². The number of sulfonamides is 1. The van der Waals surface area contributed by atoms with E-state index in [-0.39, 0.29) is 17.0 Å². The van der Waals surface area contributed by atoms with Gasteiger partial charge in [-0.25, -0.2) is 13.4 Å². The van der Waals surface area contributed by atoms with Crippen molar-refractivity contribution in [3.63, 3.8) is 0 Å². The summed E-state index contributed by atoms with van der Waals surface area (Å²) in [5, 5.41) is 0. The average molecular weight is 358 g/mol. The zero-order valence-electron chi connectivity index (χ0n) is 13.6. The van der Waals surface area contributed by atoms with E-state index < -0.39 is 10.0 Å². The van der Waals surface area contributed by atoms with Crippen LogP contribution in [0.15, 0.2) is 58.6 Å². The lowest BCUT2D eigenvalue weighted by Crippen LogP contribution is -2.29. The van der Waals surface area contributed by atoms with E-state index in [4.69, 9.17) is 0 Å². The van der Waals surface area contributed by atoms with Gasteiger partial charge in [0.05, 0.1) is 17.1 Å². The lowest BCUT2D eigenvalue weighted by Gasteiger charge is -2.16. The first-order valence-corrected chi connectivity index (χ1v) is 9.61. The molecule has 8 heteroatoms. The summed E-state index contributed by atoms with van der Waals surface area (Å²) >= 11 is 0. The Hall–Kier alpha value is -2.45. The summed E-state index contributed by atoms with van der Waals surface area (Å²) in [7, 11) is -3.55. The van der Waals surface area contributed by atoms with Gasteiger partial charge in [-0.2, -0.15) is 4.31 Å². The molecule has 0 bridgehead atoms. The molecule has 25 heavy (non-hydrogen) atoms. The monoisotopic (exact) mass is 358 g/mol. The maximum Gasteiger partial charge on any atom is 0.250 e. The lowest BCUT2D eigenvalue weighted by atomic mass is 10.4. The van der Waals surface area contributed by atoms with Crippen molar-refractivity contribution in [3.8, 4) is 0 Å². The van der Waals surface area contributed by atoms with Crippen LogP contribution in [-0.4, -0.2) is 39.8 Å². The molecule has 130 valence electrons. The second kappa shape index (κ2) is 6.12. The third kappa shape index (κ3) is 2.98. The van der Waals surface area contributed by atoms with Crippen LogP contribution in [0.4, 0.5) is 0 Å². The van der Waals surface area contributed by atoms with Gasteiger partial charge in [0.15, 0.2) is 0 Å². The molecule has 0 aliphatic carbocycles. The van der Waals surface area contributed by atoms with Gasteiger partial charge in [0.2, 0.25) is 10.0 Å². The minimum absolute atomic E-state index is 0.151. The first-order chi connectivity index (χ1) is 12.0. The Morgan fingerprint density at radius 3 is 2.60 bits per heavy atom. The van der Waals surface area contributed by atoms with Crippen LogP contribution < -0.4 is 5.56 Å². The summed E-state index contributed by atoms with van der Waals surface area (Å²) in [5.74, 6) is 0. The van der Waals surface area contributed by atoms with Crippen molar-refractivity contribution in [2.45, 2.75) is 24.3 Å². The smallest absolute Gasteiger partial charge is 0.250 e. The normalized spacial score (nSPS) is 15.8. The molecule has 0 spiro atoms. The fourth-order valence-corrected chi connectivity index (χ4v) is 4.64. The van der Waals surface area contributed by atoms with Crippen LogP contribution in [0.5, 0.6) is 0 Å². The molecule has 0 amide bonds. The maximum absolute atomic E-state index is 12.7. The number of aromatic nitrogens is 3. The number of fused-ring (bicyclic) bond motifs is 1. The third-order valence-corrected chi connectivity index (χ3v) is 6.29. The predicted octanol–water partition coefficient (Wildman–Crippen LogP) is 1.33. The zero-order chi connectivity index (χ0) is 17.4. The molecule has 7 nitrogen and oxygen atoms in total. The summed E-state index contributed by atoms with van der Waals surface area (Å²) < 4.78 is 30.1. The van der Waals surface area contributed by atoms with Gasteiger partial charge in [0, 0.05) is 37.7 Å². The number of pyridine rings is 2. The third-order valence-electron chi connectivity index (χ3n) is 4.41. The summed E-state index contributed by atoms with van der Waals surface area (Å²) in [5.41, 5.74) is 1.23. The Morgan fingerprint density at radius 1 is 1.04 bits per heavy atom. The summed E-state index contributed by atoms with van der Waals surface area (Å²) in [6, 6.07) is 8.35. The van der Waals surface area contributed by atoms with Crippen molar-refractivity contribution < 1.29 is 8.42 Å². The highest BCUT2D eigenvalue weighted by atomic mass is 32.2. The quantitative estimate of drug-likeness (QED) is 0.705. The Balaban J connectivity index is 1.69. The van der Waals surface area contributed by atoms with E-state index in [9.17, 15) is 13.2 Å². The van der Waals surface area contributed by atoms with Crippen LogP contribution in [0.1, 0.15) is 18.5 Å². The molecule has 1 aliphatic rings. The Labute approximate surface area is 145 Å². The topological polar surface area (TPSA) is 76.7 Å². The zero-order valence-corrected chi connectivity index (χ0v) is 14.4. The van der Waals surface area contributed by atoms with Gasteiger partial charge < -0.3 is 8.97 Å². The highest BCUT2D eigenvalue weighted by Gasteiger charge is 2.27. The first kappa shape index (κ1) is 16.0. The van der Waals surface area contributed by atoms with E-state index in [1.54, 1.807) is 0 Å². The fraction of sp³-hybridized carbons (Fsp3) is 0.294. The maximum atomic E-state index is 12.7. The molecule has 0 atom stereocenters. The van der Waals surface area contributed by atoms with Crippen molar-refractivity contribution in [3.05, 3.63) is 65.0 Å². The second-order valence-electron chi connectivity index (χ2n) is 6.14. The van der Waals surface area contributed by atoms with Gasteiger partial charge >= 0.3 is 0 Å². The molecule has 0 N–H and O–H groups in total. The van der Waals surface area contributed by atoms with Gasteiger partial charge in [-0.1, -0.05) is 6.07 Å². The fourth-order valence-electron chi connectivity index (χ4n) is 3.10. The van der Waals surface area contributed by atoms with Gasteiger partial charge in [0.1, 0.15) is 5.65 Å². The van der Waals surface area contributed by atoms with Crippen LogP contribution in [0.3, 0.4) is 0 Å². The Kier molecular flexibility index (Phi) is 3.93. The standard InChI is InChI=1S/C17H18N4O3S/c22-17-7-6-15(25(23,24)21-9-3-4-10-21)13-20(17)12-14-11-19-8-2-1-5-16(19)18-14/h1-2,5-8,11,13H,3-4,9-10,12H2. The van der Waals surface area contributed by atoms with Crippen LogP contribution in [0.25, 0.3) is 5.65 Å². The molecule has 0 saturated carbocycles. The van der Waals surface area contributed by atoms with Crippen molar-refractivity contribution in [2.24, 2.45) is 0 Å². The molecule has 0 unspecified atom stereocenters.